The maximum Gasteiger partial charge on any atom is 0.423 e. The van der Waals surface area contributed by atoms with Crippen molar-refractivity contribution in [2.75, 3.05) is 26.2 Å². The Morgan fingerprint density at radius 2 is 1.57 bits per heavy atom. The van der Waals surface area contributed by atoms with Gasteiger partial charge in [-0.25, -0.2) is 14.1 Å². The number of phenols is 1. The number of likely N-dealkylation sites (tertiary alicyclic amines) is 1. The second kappa shape index (κ2) is 10.2. The molecule has 5 amide bonds. The molecule has 0 aromatic heterocycles. The quantitative estimate of drug-likeness (QED) is 0.298. The molecule has 230 valence electrons. The third kappa shape index (κ3) is 3.76. The van der Waals surface area contributed by atoms with E-state index >= 15 is 0 Å². The summed E-state index contributed by atoms with van der Waals surface area (Å²) in [7, 11) is 3.67. The molecule has 0 radical (unpaired) electrons. The van der Waals surface area contributed by atoms with Crippen LogP contribution in [-0.4, -0.2) is 70.8 Å². The number of carbonyl (C=O) groups is 5. The number of rotatable bonds is 4. The summed E-state index contributed by atoms with van der Waals surface area (Å²) in [6.07, 6.45) is 0.153. The maximum absolute atomic E-state index is 14.5. The lowest BCUT2D eigenvalue weighted by molar-refractivity contribution is -0.138. The zero-order valence-electron chi connectivity index (χ0n) is 23.5. The van der Waals surface area contributed by atoms with Crippen LogP contribution in [0.1, 0.15) is 24.3 Å². The van der Waals surface area contributed by atoms with Gasteiger partial charge >= 0.3 is 6.09 Å². The first-order chi connectivity index (χ1) is 20.8. The average Bonchev–Trinajstić information content (AvgIpc) is 3.35. The number of hydrogen-bond acceptors (Lipinski definition) is 9. The van der Waals surface area contributed by atoms with Gasteiger partial charge in [0.2, 0.25) is 11.8 Å². The van der Waals surface area contributed by atoms with Crippen molar-refractivity contribution in [1.82, 2.24) is 4.90 Å². The fourth-order valence-corrected chi connectivity index (χ4v) is 8.11. The Morgan fingerprint density at radius 1 is 0.955 bits per heavy atom. The molecule has 0 bridgehead atoms. The summed E-state index contributed by atoms with van der Waals surface area (Å²) in [5, 5.41) is 10.4. The van der Waals surface area contributed by atoms with Crippen molar-refractivity contribution >= 4 is 58.6 Å². The van der Waals surface area contributed by atoms with Crippen LogP contribution < -0.4 is 14.4 Å². The molecule has 2 aromatic carbocycles. The Bertz CT molecular complexity index is 1660. The number of aromatic hydroxyl groups is 1. The number of phenolic OH excluding ortho intramolecular Hbond substituents is 1. The minimum Gasteiger partial charge on any atom is -0.508 e. The Balaban J connectivity index is 1.62. The minimum atomic E-state index is -2.26. The van der Waals surface area contributed by atoms with Crippen LogP contribution in [0.3, 0.4) is 0 Å². The van der Waals surface area contributed by atoms with Gasteiger partial charge in [0.25, 0.3) is 11.8 Å². The van der Waals surface area contributed by atoms with Crippen LogP contribution in [0, 0.1) is 23.6 Å². The van der Waals surface area contributed by atoms with Gasteiger partial charge in [-0.15, -0.1) is 23.2 Å². The van der Waals surface area contributed by atoms with Crippen molar-refractivity contribution in [2.45, 2.75) is 28.5 Å². The van der Waals surface area contributed by atoms with Gasteiger partial charge in [0.1, 0.15) is 23.1 Å². The van der Waals surface area contributed by atoms with Gasteiger partial charge < -0.3 is 19.3 Å². The van der Waals surface area contributed by atoms with Crippen molar-refractivity contribution in [2.24, 2.45) is 17.8 Å². The van der Waals surface area contributed by atoms with Crippen molar-refractivity contribution in [1.29, 1.82) is 0 Å². The van der Waals surface area contributed by atoms with Crippen LogP contribution in [0.25, 0.3) is 0 Å². The zero-order chi connectivity index (χ0) is 31.9. The number of amides is 5. The van der Waals surface area contributed by atoms with E-state index in [1.807, 2.05) is 0 Å². The highest BCUT2D eigenvalue weighted by Gasteiger charge is 2.77. The summed E-state index contributed by atoms with van der Waals surface area (Å²) < 4.78 is 29.7. The number of anilines is 1. The number of benzene rings is 2. The number of nitrogens with zero attached hydrogens (tertiary/aromatic N) is 2. The third-order valence-corrected chi connectivity index (χ3v) is 10.5. The SMILES string of the molecule is COC(=O)N1C(=O)[C@H]2[C@H](CC=C3[C@H]2C[C@@]2(Cl)C(=O)N(c4ccc(F)cc4)C(=O)[C@@]2(Cl)[C@H]3c2c(OC)cc(O)cc2OC)C1=O. The van der Waals surface area contributed by atoms with Crippen LogP contribution in [0.4, 0.5) is 14.9 Å². The Kier molecular flexibility index (Phi) is 6.93. The molecule has 2 heterocycles. The first-order valence-electron chi connectivity index (χ1n) is 13.5. The predicted octanol–water partition coefficient (Wildman–Crippen LogP) is 3.88. The fraction of sp³-hybridized carbons (Fsp3) is 0.367. The molecule has 6 atom stereocenters. The Labute approximate surface area is 260 Å². The standard InChI is InChI=1S/C30H25Cl2FN2O9/c1-42-19-10-15(36)11-20(43-2)22(19)23-16-8-9-17-21(25(38)35(24(17)37)28(41)44-3)18(16)12-29(31)26(39)34(27(40)30(23,29)32)14-6-4-13(33)5-7-14/h4-8,10-11,17-18,21,23,36H,9,12H2,1-3H3/t17-,18+,21-,23+,29+,30-/m0/s1. The molecule has 4 aliphatic rings. The van der Waals surface area contributed by atoms with Crippen molar-refractivity contribution in [3.8, 4) is 17.2 Å². The summed E-state index contributed by atoms with van der Waals surface area (Å²) in [5.41, 5.74) is 0.568. The van der Waals surface area contributed by atoms with Gasteiger partial charge in [-0.1, -0.05) is 11.6 Å². The smallest absolute Gasteiger partial charge is 0.423 e. The van der Waals surface area contributed by atoms with Crippen molar-refractivity contribution in [3.05, 3.63) is 59.4 Å². The van der Waals surface area contributed by atoms with E-state index in [2.05, 4.69) is 4.74 Å². The first kappa shape index (κ1) is 29.9. The highest BCUT2D eigenvalue weighted by atomic mass is 35.5. The average molecular weight is 647 g/mol. The van der Waals surface area contributed by atoms with Crippen LogP contribution in [0.15, 0.2) is 48.0 Å². The molecule has 2 aliphatic carbocycles. The number of allylic oxidation sites excluding steroid dienone is 2. The summed E-state index contributed by atoms with van der Waals surface area (Å²) in [4.78, 5) is 64.9. The van der Waals surface area contributed by atoms with E-state index in [1.54, 1.807) is 6.08 Å². The van der Waals surface area contributed by atoms with E-state index in [9.17, 15) is 33.5 Å². The molecule has 0 spiro atoms. The molecule has 2 aromatic rings. The van der Waals surface area contributed by atoms with Crippen LogP contribution >= 0.6 is 23.2 Å². The van der Waals surface area contributed by atoms with Crippen molar-refractivity contribution in [3.63, 3.8) is 0 Å². The molecule has 3 fully saturated rings. The molecule has 1 saturated carbocycles. The monoisotopic (exact) mass is 646 g/mol. The second-order valence-electron chi connectivity index (χ2n) is 11.0. The number of ether oxygens (including phenoxy) is 3. The Morgan fingerprint density at radius 3 is 2.14 bits per heavy atom. The van der Waals surface area contributed by atoms with Crippen LogP contribution in [0.5, 0.6) is 17.2 Å². The molecule has 2 saturated heterocycles. The highest BCUT2D eigenvalue weighted by Crippen LogP contribution is 2.67. The lowest BCUT2D eigenvalue weighted by Crippen LogP contribution is -2.60. The van der Waals surface area contributed by atoms with Gasteiger partial charge in [0, 0.05) is 23.6 Å². The van der Waals surface area contributed by atoms with E-state index in [1.165, 1.54) is 38.5 Å². The van der Waals surface area contributed by atoms with E-state index < -0.39 is 69.0 Å². The van der Waals surface area contributed by atoms with Gasteiger partial charge in [0.15, 0.2) is 9.75 Å². The number of carbonyl (C=O) groups excluding carboxylic acids is 5. The van der Waals surface area contributed by atoms with Gasteiger partial charge in [-0.05, 0) is 43.0 Å². The molecule has 1 N–H and O–H groups in total. The lowest BCUT2D eigenvalue weighted by atomic mass is 9.56. The van der Waals surface area contributed by atoms with E-state index in [-0.39, 0.29) is 41.3 Å². The summed E-state index contributed by atoms with van der Waals surface area (Å²) in [6.45, 7) is 0. The molecule has 2 aliphatic heterocycles. The zero-order valence-corrected chi connectivity index (χ0v) is 25.0. The molecule has 11 nitrogen and oxygen atoms in total. The van der Waals surface area contributed by atoms with Crippen molar-refractivity contribution < 1.29 is 47.7 Å². The number of methoxy groups -OCH3 is 3. The van der Waals surface area contributed by atoms with E-state index in [0.29, 0.717) is 10.5 Å². The molecule has 6 rings (SSSR count). The number of alkyl halides is 2. The molecule has 0 unspecified atom stereocenters. The van der Waals surface area contributed by atoms with Crippen LogP contribution in [-0.2, 0) is 23.9 Å². The first-order valence-corrected chi connectivity index (χ1v) is 14.2. The van der Waals surface area contributed by atoms with E-state index in [0.717, 1.165) is 24.1 Å². The van der Waals surface area contributed by atoms with Gasteiger partial charge in [-0.3, -0.25) is 19.2 Å². The molecular formula is C30H25Cl2FN2O9. The van der Waals surface area contributed by atoms with Gasteiger partial charge in [0.05, 0.1) is 38.9 Å². The Hall–Kier alpha value is -4.16. The minimum absolute atomic E-state index is 0.000149. The summed E-state index contributed by atoms with van der Waals surface area (Å²) >= 11 is 14.6. The largest absolute Gasteiger partial charge is 0.508 e. The second-order valence-corrected chi connectivity index (χ2v) is 12.2. The maximum atomic E-state index is 14.5. The highest BCUT2D eigenvalue weighted by molar-refractivity contribution is 6.58. The summed E-state index contributed by atoms with van der Waals surface area (Å²) in [6, 6.07) is 7.14. The molecular weight excluding hydrogens is 622 g/mol. The summed E-state index contributed by atoms with van der Waals surface area (Å²) in [5.74, 6) is -8.56. The third-order valence-electron chi connectivity index (χ3n) is 9.07. The topological polar surface area (TPSA) is 140 Å². The normalized spacial score (nSPS) is 30.9. The molecule has 14 heteroatoms. The van der Waals surface area contributed by atoms with Gasteiger partial charge in [-0.2, -0.15) is 4.90 Å². The number of hydrogen-bond donors (Lipinski definition) is 1. The van der Waals surface area contributed by atoms with E-state index in [4.69, 9.17) is 32.7 Å². The fourth-order valence-electron chi connectivity index (χ4n) is 7.20. The van der Waals surface area contributed by atoms with Crippen LogP contribution in [0.2, 0.25) is 0 Å². The number of halogens is 3. The predicted molar refractivity (Wildman–Crippen MR) is 152 cm³/mol. The lowest BCUT2D eigenvalue weighted by Gasteiger charge is -2.51. The number of imide groups is 4. The number of fused-ring (bicyclic) bond motifs is 4. The molecule has 44 heavy (non-hydrogen) atoms.